The van der Waals surface area contributed by atoms with E-state index in [0.29, 0.717) is 28.0 Å². The molecule has 0 aliphatic heterocycles. The molecule has 0 radical (unpaired) electrons. The van der Waals surface area contributed by atoms with Crippen LogP contribution in [0.25, 0.3) is 11.0 Å². The molecular formula is C23H17IN4O2. The lowest BCUT2D eigenvalue weighted by Gasteiger charge is -2.12. The van der Waals surface area contributed by atoms with E-state index in [9.17, 15) is 9.59 Å². The Labute approximate surface area is 186 Å². The van der Waals surface area contributed by atoms with Gasteiger partial charge in [-0.25, -0.2) is 0 Å². The van der Waals surface area contributed by atoms with Crippen LogP contribution in [0.4, 0.5) is 11.4 Å². The Kier molecular flexibility index (Phi) is 5.71. The molecule has 0 atom stereocenters. The summed E-state index contributed by atoms with van der Waals surface area (Å²) in [5.41, 5.74) is 4.55. The molecule has 0 spiro atoms. The number of halogens is 1. The summed E-state index contributed by atoms with van der Waals surface area (Å²) in [5.74, 6) is -0.463. The Balaban J connectivity index is 1.53. The number of nitrogens with one attached hydrogen (secondary N) is 2. The Morgan fingerprint density at radius 3 is 2.33 bits per heavy atom. The number of aromatic nitrogens is 2. The van der Waals surface area contributed by atoms with Crippen LogP contribution in [0.5, 0.6) is 0 Å². The second-order valence-electron chi connectivity index (χ2n) is 6.71. The van der Waals surface area contributed by atoms with E-state index in [0.717, 1.165) is 14.7 Å². The second-order valence-corrected chi connectivity index (χ2v) is 7.95. The van der Waals surface area contributed by atoms with Gasteiger partial charge in [-0.05, 0) is 83.6 Å². The third-order valence-electron chi connectivity index (χ3n) is 4.56. The molecule has 148 valence electrons. The molecule has 1 aromatic heterocycles. The topological polar surface area (TPSA) is 84.0 Å². The summed E-state index contributed by atoms with van der Waals surface area (Å²) in [6.07, 6.45) is 3.20. The number of carbonyl (C=O) groups is 2. The standard InChI is InChI=1S/C23H17IN4O2/c1-14-5-7-18(27-22(29)15-3-2-4-17(24)11-15)13-20(14)28-23(30)16-6-8-19-21(12-16)26-10-9-25-19/h2-13H,1H3,(H,27,29)(H,28,30). The van der Waals surface area contributed by atoms with Gasteiger partial charge in [0.15, 0.2) is 0 Å². The van der Waals surface area contributed by atoms with Crippen molar-refractivity contribution in [3.8, 4) is 0 Å². The van der Waals surface area contributed by atoms with Crippen molar-refractivity contribution in [3.63, 3.8) is 0 Å². The van der Waals surface area contributed by atoms with E-state index >= 15 is 0 Å². The molecular weight excluding hydrogens is 491 g/mol. The maximum atomic E-state index is 12.8. The third-order valence-corrected chi connectivity index (χ3v) is 5.23. The van der Waals surface area contributed by atoms with Crippen LogP contribution in [0.2, 0.25) is 0 Å². The Hall–Kier alpha value is -3.33. The normalized spacial score (nSPS) is 10.6. The zero-order valence-corrected chi connectivity index (χ0v) is 18.2. The lowest BCUT2D eigenvalue weighted by atomic mass is 10.1. The van der Waals surface area contributed by atoms with Crippen molar-refractivity contribution in [1.29, 1.82) is 0 Å². The number of rotatable bonds is 4. The summed E-state index contributed by atoms with van der Waals surface area (Å²) in [4.78, 5) is 33.7. The van der Waals surface area contributed by atoms with Crippen LogP contribution in [0, 0.1) is 10.5 Å². The quantitative estimate of drug-likeness (QED) is 0.378. The second kappa shape index (κ2) is 8.58. The number of fused-ring (bicyclic) bond motifs is 1. The lowest BCUT2D eigenvalue weighted by Crippen LogP contribution is -2.15. The first-order valence-electron chi connectivity index (χ1n) is 9.19. The summed E-state index contributed by atoms with van der Waals surface area (Å²) in [5, 5.41) is 5.79. The highest BCUT2D eigenvalue weighted by Gasteiger charge is 2.12. The molecule has 1 heterocycles. The van der Waals surface area contributed by atoms with Crippen molar-refractivity contribution >= 4 is 56.8 Å². The highest BCUT2D eigenvalue weighted by atomic mass is 127. The van der Waals surface area contributed by atoms with Crippen molar-refractivity contribution in [2.75, 3.05) is 10.6 Å². The first-order valence-corrected chi connectivity index (χ1v) is 10.3. The number of hydrogen-bond acceptors (Lipinski definition) is 4. The Bertz CT molecular complexity index is 1270. The van der Waals surface area contributed by atoms with E-state index < -0.39 is 0 Å². The van der Waals surface area contributed by atoms with Crippen LogP contribution >= 0.6 is 22.6 Å². The lowest BCUT2D eigenvalue weighted by molar-refractivity contribution is 0.101. The molecule has 0 saturated carbocycles. The van der Waals surface area contributed by atoms with E-state index in [1.807, 2.05) is 37.3 Å². The van der Waals surface area contributed by atoms with Gasteiger partial charge in [0.25, 0.3) is 11.8 Å². The van der Waals surface area contributed by atoms with Gasteiger partial charge in [-0.15, -0.1) is 0 Å². The minimum absolute atomic E-state index is 0.206. The largest absolute Gasteiger partial charge is 0.322 e. The molecule has 0 aliphatic carbocycles. The molecule has 2 N–H and O–H groups in total. The van der Waals surface area contributed by atoms with Crippen molar-refractivity contribution in [2.24, 2.45) is 0 Å². The third kappa shape index (κ3) is 4.46. The molecule has 7 heteroatoms. The first kappa shape index (κ1) is 20.0. The monoisotopic (exact) mass is 508 g/mol. The summed E-state index contributed by atoms with van der Waals surface area (Å²) >= 11 is 2.17. The van der Waals surface area contributed by atoms with Crippen molar-refractivity contribution in [1.82, 2.24) is 9.97 Å². The highest BCUT2D eigenvalue weighted by molar-refractivity contribution is 14.1. The number of benzene rings is 3. The Morgan fingerprint density at radius 1 is 0.800 bits per heavy atom. The van der Waals surface area contributed by atoms with Gasteiger partial charge in [-0.3, -0.25) is 19.6 Å². The van der Waals surface area contributed by atoms with Gasteiger partial charge >= 0.3 is 0 Å². The molecule has 0 bridgehead atoms. The van der Waals surface area contributed by atoms with Gasteiger partial charge < -0.3 is 10.6 Å². The number of amides is 2. The minimum atomic E-state index is -0.258. The molecule has 6 nitrogen and oxygen atoms in total. The predicted octanol–water partition coefficient (Wildman–Crippen LogP) is 5.05. The van der Waals surface area contributed by atoms with Crippen LogP contribution in [0.15, 0.2) is 73.1 Å². The number of nitrogens with zero attached hydrogens (tertiary/aromatic N) is 2. The molecule has 0 unspecified atom stereocenters. The predicted molar refractivity (Wildman–Crippen MR) is 126 cm³/mol. The zero-order chi connectivity index (χ0) is 21.1. The maximum Gasteiger partial charge on any atom is 0.255 e. The van der Waals surface area contributed by atoms with Gasteiger partial charge in [0.1, 0.15) is 0 Å². The fourth-order valence-electron chi connectivity index (χ4n) is 2.97. The highest BCUT2D eigenvalue weighted by Crippen LogP contribution is 2.22. The van der Waals surface area contributed by atoms with E-state index in [1.165, 1.54) is 0 Å². The summed E-state index contributed by atoms with van der Waals surface area (Å²) in [7, 11) is 0. The molecule has 0 saturated heterocycles. The number of hydrogen-bond donors (Lipinski definition) is 2. The molecule has 0 aliphatic rings. The number of anilines is 2. The molecule has 2 amide bonds. The van der Waals surface area contributed by atoms with Crippen LogP contribution in [0.1, 0.15) is 26.3 Å². The number of aryl methyl sites for hydroxylation is 1. The molecule has 3 aromatic carbocycles. The first-order chi connectivity index (χ1) is 14.5. The molecule has 30 heavy (non-hydrogen) atoms. The Morgan fingerprint density at radius 2 is 1.53 bits per heavy atom. The minimum Gasteiger partial charge on any atom is -0.322 e. The summed E-state index contributed by atoms with van der Waals surface area (Å²) < 4.78 is 0.984. The van der Waals surface area contributed by atoms with Gasteiger partial charge in [-0.1, -0.05) is 12.1 Å². The van der Waals surface area contributed by atoms with Gasteiger partial charge in [-0.2, -0.15) is 0 Å². The van der Waals surface area contributed by atoms with Crippen LogP contribution in [0.3, 0.4) is 0 Å². The van der Waals surface area contributed by atoms with Crippen molar-refractivity contribution < 1.29 is 9.59 Å². The van der Waals surface area contributed by atoms with E-state index in [-0.39, 0.29) is 11.8 Å². The van der Waals surface area contributed by atoms with Gasteiger partial charge in [0.05, 0.1) is 11.0 Å². The zero-order valence-electron chi connectivity index (χ0n) is 16.0. The van der Waals surface area contributed by atoms with Crippen LogP contribution < -0.4 is 10.6 Å². The van der Waals surface area contributed by atoms with E-state index in [4.69, 9.17) is 0 Å². The average Bonchev–Trinajstić information content (AvgIpc) is 2.75. The fourth-order valence-corrected chi connectivity index (χ4v) is 3.51. The fraction of sp³-hybridized carbons (Fsp3) is 0.0435. The van der Waals surface area contributed by atoms with Gasteiger partial charge in [0.2, 0.25) is 0 Å². The summed E-state index contributed by atoms with van der Waals surface area (Å²) in [6, 6.07) is 17.9. The SMILES string of the molecule is Cc1ccc(NC(=O)c2cccc(I)c2)cc1NC(=O)c1ccc2nccnc2c1. The summed E-state index contributed by atoms with van der Waals surface area (Å²) in [6.45, 7) is 1.90. The van der Waals surface area contributed by atoms with Crippen molar-refractivity contribution in [3.05, 3.63) is 93.3 Å². The molecule has 4 rings (SSSR count). The number of carbonyl (C=O) groups excluding carboxylic acids is 2. The van der Waals surface area contributed by atoms with Crippen molar-refractivity contribution in [2.45, 2.75) is 6.92 Å². The molecule has 0 fully saturated rings. The van der Waals surface area contributed by atoms with Gasteiger partial charge in [0, 0.05) is 38.5 Å². The van der Waals surface area contributed by atoms with Crippen LogP contribution in [-0.2, 0) is 0 Å². The average molecular weight is 508 g/mol. The smallest absolute Gasteiger partial charge is 0.255 e. The van der Waals surface area contributed by atoms with E-state index in [2.05, 4.69) is 43.2 Å². The molecule has 4 aromatic rings. The van der Waals surface area contributed by atoms with E-state index in [1.54, 1.807) is 42.7 Å². The maximum absolute atomic E-state index is 12.8. The van der Waals surface area contributed by atoms with Crippen LogP contribution in [-0.4, -0.2) is 21.8 Å².